The van der Waals surface area contributed by atoms with Gasteiger partial charge in [0.25, 0.3) is 0 Å². The summed E-state index contributed by atoms with van der Waals surface area (Å²) >= 11 is 0. The summed E-state index contributed by atoms with van der Waals surface area (Å²) in [6.07, 6.45) is 2.72. The van der Waals surface area contributed by atoms with Gasteiger partial charge in [-0.3, -0.25) is 4.98 Å². The molecule has 1 aromatic carbocycles. The highest BCUT2D eigenvalue weighted by Gasteiger charge is 2.05. The Kier molecular flexibility index (Phi) is 4.31. The van der Waals surface area contributed by atoms with Crippen molar-refractivity contribution in [1.82, 2.24) is 4.98 Å². The van der Waals surface area contributed by atoms with Gasteiger partial charge in [-0.15, -0.1) is 0 Å². The molecule has 18 heavy (non-hydrogen) atoms. The minimum absolute atomic E-state index is 0.0781. The van der Waals surface area contributed by atoms with Crippen molar-refractivity contribution >= 4 is 5.69 Å². The lowest BCUT2D eigenvalue weighted by atomic mass is 10.1. The summed E-state index contributed by atoms with van der Waals surface area (Å²) in [4.78, 5) is 4.26. The molecule has 0 spiro atoms. The lowest BCUT2D eigenvalue weighted by molar-refractivity contribution is 0.0677. The Morgan fingerprint density at radius 1 is 1.17 bits per heavy atom. The molecule has 0 saturated carbocycles. The summed E-state index contributed by atoms with van der Waals surface area (Å²) in [5, 5.41) is 0. The Morgan fingerprint density at radius 2 is 1.94 bits per heavy atom. The van der Waals surface area contributed by atoms with Crippen LogP contribution in [0.3, 0.4) is 0 Å². The van der Waals surface area contributed by atoms with E-state index >= 15 is 0 Å². The van der Waals surface area contributed by atoms with Crippen LogP contribution in [0, 0.1) is 0 Å². The molecule has 0 saturated heterocycles. The second-order valence-corrected chi connectivity index (χ2v) is 4.25. The average Bonchev–Trinajstić information content (AvgIpc) is 2.40. The van der Waals surface area contributed by atoms with E-state index in [0.717, 1.165) is 23.4 Å². The number of benzene rings is 1. The Hall–Kier alpha value is -1.87. The molecule has 0 aliphatic heterocycles. The molecule has 2 aromatic rings. The normalized spacial score (nSPS) is 12.3. The number of pyridine rings is 1. The molecule has 1 aromatic heterocycles. The van der Waals surface area contributed by atoms with Gasteiger partial charge in [0.2, 0.25) is 0 Å². The highest BCUT2D eigenvalue weighted by molar-refractivity contribution is 5.39. The minimum Gasteiger partial charge on any atom is -0.399 e. The third-order valence-electron chi connectivity index (χ3n) is 2.86. The quantitative estimate of drug-likeness (QED) is 0.820. The fraction of sp³-hybridized carbons (Fsp3) is 0.267. The largest absolute Gasteiger partial charge is 0.399 e. The smallest absolute Gasteiger partial charge is 0.0796 e. The van der Waals surface area contributed by atoms with Crippen molar-refractivity contribution in [3.8, 4) is 0 Å². The van der Waals surface area contributed by atoms with Crippen molar-refractivity contribution in [2.75, 3.05) is 12.3 Å². The van der Waals surface area contributed by atoms with Gasteiger partial charge in [0.05, 0.1) is 12.7 Å². The predicted octanol–water partition coefficient (Wildman–Crippen LogP) is 2.98. The van der Waals surface area contributed by atoms with E-state index < -0.39 is 0 Å². The number of ether oxygens (including phenoxy) is 1. The van der Waals surface area contributed by atoms with E-state index in [2.05, 4.69) is 4.98 Å². The molecule has 1 heterocycles. The van der Waals surface area contributed by atoms with Gasteiger partial charge in [-0.1, -0.05) is 18.2 Å². The molecule has 2 N–H and O–H groups in total. The van der Waals surface area contributed by atoms with Crippen LogP contribution in [0.15, 0.2) is 48.7 Å². The minimum atomic E-state index is 0.0781. The molecule has 0 aliphatic carbocycles. The highest BCUT2D eigenvalue weighted by Crippen LogP contribution is 2.18. The fourth-order valence-corrected chi connectivity index (χ4v) is 1.75. The van der Waals surface area contributed by atoms with Crippen LogP contribution in [0.2, 0.25) is 0 Å². The Labute approximate surface area is 108 Å². The van der Waals surface area contributed by atoms with Gasteiger partial charge >= 0.3 is 0 Å². The average molecular weight is 242 g/mol. The Balaban J connectivity index is 1.81. The number of nitrogens with zero attached hydrogens (tertiary/aromatic N) is 1. The zero-order valence-electron chi connectivity index (χ0n) is 10.5. The van der Waals surface area contributed by atoms with Crippen molar-refractivity contribution in [3.63, 3.8) is 0 Å². The molecule has 0 aliphatic rings. The lowest BCUT2D eigenvalue weighted by Gasteiger charge is -2.13. The zero-order chi connectivity index (χ0) is 12.8. The molecule has 0 fully saturated rings. The van der Waals surface area contributed by atoms with Crippen molar-refractivity contribution < 1.29 is 4.74 Å². The molecular formula is C15H18N2O. The number of rotatable bonds is 5. The first-order chi connectivity index (χ1) is 8.75. The maximum Gasteiger partial charge on any atom is 0.0796 e. The van der Waals surface area contributed by atoms with Crippen LogP contribution in [0.5, 0.6) is 0 Å². The number of hydrogen-bond acceptors (Lipinski definition) is 3. The molecule has 2 rings (SSSR count). The van der Waals surface area contributed by atoms with Crippen LogP contribution in [-0.4, -0.2) is 11.6 Å². The first-order valence-electron chi connectivity index (χ1n) is 6.12. The van der Waals surface area contributed by atoms with Crippen LogP contribution < -0.4 is 5.73 Å². The van der Waals surface area contributed by atoms with Crippen LogP contribution in [0.25, 0.3) is 0 Å². The van der Waals surface area contributed by atoms with E-state index in [1.54, 1.807) is 6.20 Å². The van der Waals surface area contributed by atoms with Gasteiger partial charge in [-0.2, -0.15) is 0 Å². The molecule has 3 heteroatoms. The lowest BCUT2D eigenvalue weighted by Crippen LogP contribution is -2.05. The summed E-state index contributed by atoms with van der Waals surface area (Å²) in [6, 6.07) is 13.7. The van der Waals surface area contributed by atoms with E-state index in [1.165, 1.54) is 0 Å². The Morgan fingerprint density at radius 3 is 2.61 bits per heavy atom. The monoisotopic (exact) mass is 242 g/mol. The van der Waals surface area contributed by atoms with E-state index in [-0.39, 0.29) is 6.10 Å². The maximum atomic E-state index is 5.79. The third-order valence-corrected chi connectivity index (χ3v) is 2.86. The topological polar surface area (TPSA) is 48.1 Å². The second-order valence-electron chi connectivity index (χ2n) is 4.25. The molecular weight excluding hydrogens is 224 g/mol. The van der Waals surface area contributed by atoms with Crippen LogP contribution in [0.1, 0.15) is 24.3 Å². The first kappa shape index (κ1) is 12.6. The van der Waals surface area contributed by atoms with Crippen molar-refractivity contribution in [3.05, 3.63) is 59.9 Å². The molecule has 0 bridgehead atoms. The summed E-state index contributed by atoms with van der Waals surface area (Å²) in [5.41, 5.74) is 8.63. The van der Waals surface area contributed by atoms with E-state index in [0.29, 0.717) is 6.61 Å². The molecule has 0 amide bonds. The first-order valence-corrected chi connectivity index (χ1v) is 6.12. The van der Waals surface area contributed by atoms with Gasteiger partial charge in [0.15, 0.2) is 0 Å². The third kappa shape index (κ3) is 3.57. The van der Waals surface area contributed by atoms with E-state index in [4.69, 9.17) is 10.5 Å². The van der Waals surface area contributed by atoms with Crippen molar-refractivity contribution in [1.29, 1.82) is 0 Å². The molecule has 0 radical (unpaired) electrons. The summed E-state index contributed by atoms with van der Waals surface area (Å²) < 4.78 is 5.79. The standard InChI is InChI=1S/C15H18N2O/c1-12(13-5-7-14(16)8-6-13)18-11-9-15-4-2-3-10-17-15/h2-8,10,12H,9,11,16H2,1H3. The number of aromatic nitrogens is 1. The van der Waals surface area contributed by atoms with Gasteiger partial charge < -0.3 is 10.5 Å². The molecule has 1 unspecified atom stereocenters. The molecule has 1 atom stereocenters. The number of anilines is 1. The van der Waals surface area contributed by atoms with Gasteiger partial charge in [0.1, 0.15) is 0 Å². The van der Waals surface area contributed by atoms with Gasteiger partial charge in [-0.05, 0) is 36.8 Å². The summed E-state index contributed by atoms with van der Waals surface area (Å²) in [5.74, 6) is 0. The predicted molar refractivity (Wildman–Crippen MR) is 73.2 cm³/mol. The number of hydrogen-bond donors (Lipinski definition) is 1. The fourth-order valence-electron chi connectivity index (χ4n) is 1.75. The van der Waals surface area contributed by atoms with Crippen LogP contribution >= 0.6 is 0 Å². The maximum absolute atomic E-state index is 5.79. The van der Waals surface area contributed by atoms with E-state index in [1.807, 2.05) is 49.4 Å². The van der Waals surface area contributed by atoms with E-state index in [9.17, 15) is 0 Å². The number of nitrogen functional groups attached to an aromatic ring is 1. The molecule has 94 valence electrons. The Bertz CT molecular complexity index is 468. The summed E-state index contributed by atoms with van der Waals surface area (Å²) in [7, 11) is 0. The summed E-state index contributed by atoms with van der Waals surface area (Å²) in [6.45, 7) is 2.71. The second kappa shape index (κ2) is 6.17. The van der Waals surface area contributed by atoms with Crippen LogP contribution in [-0.2, 0) is 11.2 Å². The van der Waals surface area contributed by atoms with Gasteiger partial charge in [-0.25, -0.2) is 0 Å². The number of nitrogens with two attached hydrogens (primary N) is 1. The molecule has 3 nitrogen and oxygen atoms in total. The highest BCUT2D eigenvalue weighted by atomic mass is 16.5. The van der Waals surface area contributed by atoms with Crippen molar-refractivity contribution in [2.45, 2.75) is 19.4 Å². The van der Waals surface area contributed by atoms with Crippen molar-refractivity contribution in [2.24, 2.45) is 0 Å². The van der Waals surface area contributed by atoms with Gasteiger partial charge in [0, 0.05) is 24.0 Å². The van der Waals surface area contributed by atoms with Crippen LogP contribution in [0.4, 0.5) is 5.69 Å². The zero-order valence-corrected chi connectivity index (χ0v) is 10.5. The SMILES string of the molecule is CC(OCCc1ccccn1)c1ccc(N)cc1.